The highest BCUT2D eigenvalue weighted by molar-refractivity contribution is 6.30. The predicted octanol–water partition coefficient (Wildman–Crippen LogP) is 5.16. The van der Waals surface area contributed by atoms with Crippen molar-refractivity contribution < 1.29 is 4.79 Å². The van der Waals surface area contributed by atoms with Gasteiger partial charge in [0.25, 0.3) is 5.91 Å². The lowest BCUT2D eigenvalue weighted by molar-refractivity contribution is 0.0611. The standard InChI is InChI=1S/C22H20ClN3O/c23-19-7-3-5-16(13-19)20-10-9-17(15-25-20)21-8-1-2-12-26(21)22(27)18-6-4-11-24-14-18/h3-7,9-11,13-15,21H,1-2,8,12H2/t21-/m0/s1. The van der Waals surface area contributed by atoms with Gasteiger partial charge in [-0.1, -0.05) is 29.8 Å². The predicted molar refractivity (Wildman–Crippen MR) is 107 cm³/mol. The fraction of sp³-hybridized carbons (Fsp3) is 0.227. The first kappa shape index (κ1) is 17.7. The molecule has 0 saturated carbocycles. The number of hydrogen-bond acceptors (Lipinski definition) is 3. The van der Waals surface area contributed by atoms with Crippen LogP contribution in [-0.2, 0) is 0 Å². The number of carbonyl (C=O) groups is 1. The van der Waals surface area contributed by atoms with Crippen LogP contribution in [0, 0.1) is 0 Å². The number of amides is 1. The summed E-state index contributed by atoms with van der Waals surface area (Å²) in [7, 11) is 0. The maximum absolute atomic E-state index is 13.0. The van der Waals surface area contributed by atoms with Gasteiger partial charge in [0.15, 0.2) is 0 Å². The molecule has 136 valence electrons. The minimum atomic E-state index is 0.0340. The van der Waals surface area contributed by atoms with Crippen molar-refractivity contribution in [2.45, 2.75) is 25.3 Å². The molecule has 0 unspecified atom stereocenters. The summed E-state index contributed by atoms with van der Waals surface area (Å²) in [5.41, 5.74) is 3.56. The quantitative estimate of drug-likeness (QED) is 0.633. The maximum atomic E-state index is 13.0. The Bertz CT molecular complexity index is 928. The van der Waals surface area contributed by atoms with E-state index in [0.717, 1.165) is 42.6 Å². The maximum Gasteiger partial charge on any atom is 0.255 e. The number of likely N-dealkylation sites (tertiary alicyclic amines) is 1. The van der Waals surface area contributed by atoms with Crippen molar-refractivity contribution >= 4 is 17.5 Å². The molecule has 1 atom stereocenters. The molecule has 0 aliphatic carbocycles. The number of halogens is 1. The summed E-state index contributed by atoms with van der Waals surface area (Å²) < 4.78 is 0. The Morgan fingerprint density at radius 2 is 2.00 bits per heavy atom. The zero-order valence-corrected chi connectivity index (χ0v) is 15.6. The largest absolute Gasteiger partial charge is 0.332 e. The smallest absolute Gasteiger partial charge is 0.255 e. The van der Waals surface area contributed by atoms with Crippen LogP contribution in [0.2, 0.25) is 5.02 Å². The number of piperidine rings is 1. The van der Waals surface area contributed by atoms with E-state index in [9.17, 15) is 4.79 Å². The monoisotopic (exact) mass is 377 g/mol. The third-order valence-electron chi connectivity index (χ3n) is 4.96. The van der Waals surface area contributed by atoms with Crippen molar-refractivity contribution in [3.63, 3.8) is 0 Å². The molecule has 0 spiro atoms. The third-order valence-corrected chi connectivity index (χ3v) is 5.20. The minimum absolute atomic E-state index is 0.0340. The van der Waals surface area contributed by atoms with Crippen LogP contribution in [0.25, 0.3) is 11.3 Å². The molecule has 4 rings (SSSR count). The van der Waals surface area contributed by atoms with Gasteiger partial charge in [0.05, 0.1) is 17.3 Å². The van der Waals surface area contributed by atoms with Crippen LogP contribution in [0.5, 0.6) is 0 Å². The SMILES string of the molecule is O=C(c1cccnc1)N1CCCC[C@H]1c1ccc(-c2cccc(Cl)c2)nc1. The molecule has 3 heterocycles. The summed E-state index contributed by atoms with van der Waals surface area (Å²) in [5.74, 6) is 0.0340. The van der Waals surface area contributed by atoms with Crippen molar-refractivity contribution in [1.82, 2.24) is 14.9 Å². The third kappa shape index (κ3) is 3.86. The van der Waals surface area contributed by atoms with Crippen LogP contribution in [0.3, 0.4) is 0 Å². The van der Waals surface area contributed by atoms with Crippen molar-refractivity contribution in [3.8, 4) is 11.3 Å². The van der Waals surface area contributed by atoms with Gasteiger partial charge >= 0.3 is 0 Å². The summed E-state index contributed by atoms with van der Waals surface area (Å²) in [6, 6.07) is 15.4. The Hall–Kier alpha value is -2.72. The highest BCUT2D eigenvalue weighted by Crippen LogP contribution is 2.32. The van der Waals surface area contributed by atoms with Crippen LogP contribution in [0.4, 0.5) is 0 Å². The number of hydrogen-bond donors (Lipinski definition) is 0. The van der Waals surface area contributed by atoms with Crippen molar-refractivity contribution in [2.75, 3.05) is 6.54 Å². The molecular weight excluding hydrogens is 358 g/mol. The van der Waals surface area contributed by atoms with E-state index in [1.807, 2.05) is 47.5 Å². The zero-order valence-electron chi connectivity index (χ0n) is 14.9. The van der Waals surface area contributed by atoms with Crippen molar-refractivity contribution in [3.05, 3.63) is 83.3 Å². The van der Waals surface area contributed by atoms with Gasteiger partial charge in [0, 0.05) is 35.7 Å². The average Bonchev–Trinajstić information content (AvgIpc) is 2.74. The fourth-order valence-corrected chi connectivity index (χ4v) is 3.79. The average molecular weight is 378 g/mol. The number of nitrogens with zero attached hydrogens (tertiary/aromatic N) is 3. The van der Waals surface area contributed by atoms with Crippen LogP contribution in [0.1, 0.15) is 41.2 Å². The lowest BCUT2D eigenvalue weighted by Crippen LogP contribution is -2.38. The summed E-state index contributed by atoms with van der Waals surface area (Å²) in [5, 5.41) is 0.693. The second-order valence-corrected chi connectivity index (χ2v) is 7.18. The highest BCUT2D eigenvalue weighted by atomic mass is 35.5. The molecule has 27 heavy (non-hydrogen) atoms. The lowest BCUT2D eigenvalue weighted by Gasteiger charge is -2.36. The molecule has 1 fully saturated rings. The van der Waals surface area contributed by atoms with Crippen LogP contribution < -0.4 is 0 Å². The van der Waals surface area contributed by atoms with Gasteiger partial charge in [-0.2, -0.15) is 0 Å². The van der Waals surface area contributed by atoms with Crippen LogP contribution in [0.15, 0.2) is 67.1 Å². The van der Waals surface area contributed by atoms with Gasteiger partial charge in [-0.15, -0.1) is 0 Å². The van der Waals surface area contributed by atoms with E-state index in [-0.39, 0.29) is 11.9 Å². The van der Waals surface area contributed by atoms with E-state index in [4.69, 9.17) is 11.6 Å². The van der Waals surface area contributed by atoms with E-state index >= 15 is 0 Å². The van der Waals surface area contributed by atoms with E-state index in [1.54, 1.807) is 18.5 Å². The summed E-state index contributed by atoms with van der Waals surface area (Å²) in [6.07, 6.45) is 8.28. The molecule has 0 bridgehead atoms. The molecule has 1 saturated heterocycles. The molecular formula is C22H20ClN3O. The fourth-order valence-electron chi connectivity index (χ4n) is 3.60. The van der Waals surface area contributed by atoms with Crippen LogP contribution >= 0.6 is 11.6 Å². The summed E-state index contributed by atoms with van der Waals surface area (Å²) >= 11 is 6.08. The molecule has 1 aliphatic rings. The van der Waals surface area contributed by atoms with Crippen LogP contribution in [-0.4, -0.2) is 27.3 Å². The molecule has 1 amide bonds. The van der Waals surface area contributed by atoms with Gasteiger partial charge in [-0.3, -0.25) is 14.8 Å². The number of pyridine rings is 2. The molecule has 0 radical (unpaired) electrons. The minimum Gasteiger partial charge on any atom is -0.332 e. The first-order chi connectivity index (χ1) is 13.2. The van der Waals surface area contributed by atoms with Gasteiger partial charge in [-0.25, -0.2) is 0 Å². The molecule has 1 aliphatic heterocycles. The molecule has 3 aromatic rings. The van der Waals surface area contributed by atoms with Gasteiger partial charge < -0.3 is 4.90 Å². The van der Waals surface area contributed by atoms with E-state index in [1.165, 1.54) is 0 Å². The van der Waals surface area contributed by atoms with E-state index in [2.05, 4.69) is 16.0 Å². The Balaban J connectivity index is 1.59. The zero-order chi connectivity index (χ0) is 18.6. The van der Waals surface area contributed by atoms with Gasteiger partial charge in [0.1, 0.15) is 0 Å². The topological polar surface area (TPSA) is 46.1 Å². The Labute approximate surface area is 163 Å². The molecule has 0 N–H and O–H groups in total. The second-order valence-electron chi connectivity index (χ2n) is 6.74. The molecule has 1 aromatic carbocycles. The van der Waals surface area contributed by atoms with Crippen molar-refractivity contribution in [2.24, 2.45) is 0 Å². The Morgan fingerprint density at radius 1 is 1.07 bits per heavy atom. The molecule has 2 aromatic heterocycles. The van der Waals surface area contributed by atoms with E-state index in [0.29, 0.717) is 10.6 Å². The number of rotatable bonds is 3. The lowest BCUT2D eigenvalue weighted by atomic mass is 9.95. The molecule has 4 nitrogen and oxygen atoms in total. The number of benzene rings is 1. The van der Waals surface area contributed by atoms with Crippen molar-refractivity contribution in [1.29, 1.82) is 0 Å². The first-order valence-electron chi connectivity index (χ1n) is 9.15. The summed E-state index contributed by atoms with van der Waals surface area (Å²) in [4.78, 5) is 23.6. The Kier molecular flexibility index (Phi) is 5.16. The molecule has 5 heteroatoms. The summed E-state index contributed by atoms with van der Waals surface area (Å²) in [6.45, 7) is 0.758. The number of aromatic nitrogens is 2. The Morgan fingerprint density at radius 3 is 2.74 bits per heavy atom. The normalized spacial score (nSPS) is 16.9. The van der Waals surface area contributed by atoms with E-state index < -0.39 is 0 Å². The highest BCUT2D eigenvalue weighted by Gasteiger charge is 2.29. The second kappa shape index (κ2) is 7.89. The van der Waals surface area contributed by atoms with Gasteiger partial charge in [0.2, 0.25) is 0 Å². The van der Waals surface area contributed by atoms with Gasteiger partial charge in [-0.05, 0) is 55.2 Å². The first-order valence-corrected chi connectivity index (χ1v) is 9.53. The number of carbonyl (C=O) groups excluding carboxylic acids is 1.